The normalized spacial score (nSPS) is 18.6. The molecule has 0 radical (unpaired) electrons. The van der Waals surface area contributed by atoms with Gasteiger partial charge in [0.2, 0.25) is 0 Å². The molecule has 0 spiro atoms. The first-order valence-corrected chi connectivity index (χ1v) is 11.9. The van der Waals surface area contributed by atoms with Gasteiger partial charge in [-0.2, -0.15) is 0 Å². The Hall–Kier alpha value is -1.91. The number of hydrogen-bond acceptors (Lipinski definition) is 5. The number of aromatic nitrogens is 1. The molecule has 0 bridgehead atoms. The molecule has 33 heavy (non-hydrogen) atoms. The van der Waals surface area contributed by atoms with E-state index in [9.17, 15) is 0 Å². The zero-order valence-electron chi connectivity index (χ0n) is 19.9. The van der Waals surface area contributed by atoms with Gasteiger partial charge in [-0.3, -0.25) is 9.89 Å². The van der Waals surface area contributed by atoms with Crippen LogP contribution in [0.1, 0.15) is 30.0 Å². The lowest BCUT2D eigenvalue weighted by Crippen LogP contribution is -2.45. The number of nitrogens with one attached hydrogen (secondary N) is 2. The quantitative estimate of drug-likeness (QED) is 0.307. The summed E-state index contributed by atoms with van der Waals surface area (Å²) in [5.41, 5.74) is 2.57. The third-order valence-electron chi connectivity index (χ3n) is 6.57. The van der Waals surface area contributed by atoms with Gasteiger partial charge in [-0.1, -0.05) is 36.4 Å². The minimum atomic E-state index is 0. The average molecular weight is 564 g/mol. The van der Waals surface area contributed by atoms with Crippen LogP contribution in [0.2, 0.25) is 0 Å². The maximum Gasteiger partial charge on any atom is 0.191 e. The van der Waals surface area contributed by atoms with Crippen LogP contribution in [0.5, 0.6) is 0 Å². The summed E-state index contributed by atoms with van der Waals surface area (Å²) in [4.78, 5) is 16.5. The molecule has 2 saturated heterocycles. The number of hydrogen-bond donors (Lipinski definition) is 2. The summed E-state index contributed by atoms with van der Waals surface area (Å²) in [6.07, 6.45) is 4.46. The highest BCUT2D eigenvalue weighted by molar-refractivity contribution is 14.0. The first-order valence-electron chi connectivity index (χ1n) is 11.9. The second-order valence-corrected chi connectivity index (χ2v) is 8.75. The zero-order chi connectivity index (χ0) is 22.2. The van der Waals surface area contributed by atoms with Crippen molar-refractivity contribution in [3.05, 3.63) is 59.8 Å². The summed E-state index contributed by atoms with van der Waals surface area (Å²) in [5, 5.41) is 7.09. The van der Waals surface area contributed by atoms with E-state index in [1.54, 1.807) is 0 Å². The molecule has 3 heterocycles. The van der Waals surface area contributed by atoms with Gasteiger partial charge < -0.3 is 20.4 Å². The number of likely N-dealkylation sites (tertiary alicyclic amines) is 1. The van der Waals surface area contributed by atoms with Gasteiger partial charge in [0.25, 0.3) is 0 Å². The largest absolute Gasteiger partial charge is 0.354 e. The Bertz CT molecular complexity index is 862. The average Bonchev–Trinajstić information content (AvgIpc) is 3.37. The van der Waals surface area contributed by atoms with Crippen molar-refractivity contribution in [1.29, 1.82) is 0 Å². The van der Waals surface area contributed by atoms with Crippen LogP contribution >= 0.6 is 24.0 Å². The molecule has 4 rings (SSSR count). The molecule has 2 fully saturated rings. The highest BCUT2D eigenvalue weighted by atomic mass is 127. The summed E-state index contributed by atoms with van der Waals surface area (Å²) >= 11 is 0. The fourth-order valence-corrected chi connectivity index (χ4v) is 4.65. The summed E-state index contributed by atoms with van der Waals surface area (Å²) in [7, 11) is 4.02. The lowest BCUT2D eigenvalue weighted by atomic mass is 10.1. The van der Waals surface area contributed by atoms with Gasteiger partial charge in [0.1, 0.15) is 5.82 Å². The second-order valence-electron chi connectivity index (χ2n) is 8.75. The van der Waals surface area contributed by atoms with Crippen molar-refractivity contribution in [1.82, 2.24) is 25.4 Å². The van der Waals surface area contributed by atoms with Crippen LogP contribution in [0.15, 0.2) is 53.7 Å². The first-order chi connectivity index (χ1) is 15.7. The van der Waals surface area contributed by atoms with Crippen LogP contribution < -0.4 is 15.5 Å². The predicted octanol–water partition coefficient (Wildman–Crippen LogP) is 2.95. The lowest BCUT2D eigenvalue weighted by molar-refractivity contribution is 0.245. The highest BCUT2D eigenvalue weighted by Crippen LogP contribution is 2.24. The van der Waals surface area contributed by atoms with E-state index in [1.807, 2.05) is 19.3 Å². The fourth-order valence-electron chi connectivity index (χ4n) is 4.65. The number of rotatable bonds is 7. The molecule has 1 aromatic carbocycles. The predicted molar refractivity (Wildman–Crippen MR) is 148 cm³/mol. The molecular weight excluding hydrogens is 525 g/mol. The van der Waals surface area contributed by atoms with Crippen molar-refractivity contribution in [2.24, 2.45) is 4.99 Å². The molecule has 0 saturated carbocycles. The number of piperazine rings is 1. The van der Waals surface area contributed by atoms with Crippen molar-refractivity contribution in [3.8, 4) is 0 Å². The molecule has 2 aliphatic heterocycles. The Balaban J connectivity index is 0.00000306. The molecule has 2 aromatic rings. The zero-order valence-corrected chi connectivity index (χ0v) is 22.2. The van der Waals surface area contributed by atoms with E-state index in [-0.39, 0.29) is 24.0 Å². The van der Waals surface area contributed by atoms with Gasteiger partial charge >= 0.3 is 0 Å². The first kappa shape index (κ1) is 25.7. The maximum absolute atomic E-state index is 4.70. The lowest BCUT2D eigenvalue weighted by Gasteiger charge is -2.34. The molecule has 8 heteroatoms. The van der Waals surface area contributed by atoms with Crippen LogP contribution in [0.25, 0.3) is 0 Å². The van der Waals surface area contributed by atoms with E-state index < -0.39 is 0 Å². The van der Waals surface area contributed by atoms with Crippen molar-refractivity contribution < 1.29 is 0 Å². The molecule has 1 atom stereocenters. The van der Waals surface area contributed by atoms with E-state index in [4.69, 9.17) is 4.98 Å². The van der Waals surface area contributed by atoms with E-state index >= 15 is 0 Å². The van der Waals surface area contributed by atoms with Crippen molar-refractivity contribution in [2.75, 3.05) is 64.8 Å². The Morgan fingerprint density at radius 2 is 1.70 bits per heavy atom. The molecule has 7 nitrogen and oxygen atoms in total. The van der Waals surface area contributed by atoms with E-state index in [0.29, 0.717) is 12.6 Å². The number of benzene rings is 1. The fraction of sp³-hybridized carbons (Fsp3) is 0.520. The minimum absolute atomic E-state index is 0. The number of guanidine groups is 1. The van der Waals surface area contributed by atoms with Crippen LogP contribution in [0, 0.1) is 0 Å². The maximum atomic E-state index is 4.70. The van der Waals surface area contributed by atoms with E-state index in [2.05, 4.69) is 73.8 Å². The van der Waals surface area contributed by atoms with E-state index in [1.165, 1.54) is 24.0 Å². The van der Waals surface area contributed by atoms with Crippen molar-refractivity contribution >= 4 is 35.8 Å². The van der Waals surface area contributed by atoms with Gasteiger partial charge in [-0.25, -0.2) is 4.98 Å². The molecule has 0 amide bonds. The highest BCUT2D eigenvalue weighted by Gasteiger charge is 2.23. The van der Waals surface area contributed by atoms with Crippen LogP contribution in [0.3, 0.4) is 0 Å². The van der Waals surface area contributed by atoms with Crippen LogP contribution in [-0.4, -0.2) is 80.7 Å². The summed E-state index contributed by atoms with van der Waals surface area (Å²) in [6.45, 7) is 8.05. The Morgan fingerprint density at radius 1 is 0.970 bits per heavy atom. The summed E-state index contributed by atoms with van der Waals surface area (Å²) in [5.74, 6) is 1.92. The Kier molecular flexibility index (Phi) is 10.2. The van der Waals surface area contributed by atoms with Crippen molar-refractivity contribution in [2.45, 2.75) is 25.4 Å². The van der Waals surface area contributed by atoms with Gasteiger partial charge in [-0.15, -0.1) is 24.0 Å². The molecule has 1 unspecified atom stereocenters. The van der Waals surface area contributed by atoms with Crippen molar-refractivity contribution in [3.63, 3.8) is 0 Å². The number of anilines is 1. The molecule has 1 aromatic heterocycles. The van der Waals surface area contributed by atoms with E-state index in [0.717, 1.165) is 57.6 Å². The summed E-state index contributed by atoms with van der Waals surface area (Å²) in [6, 6.07) is 15.4. The smallest absolute Gasteiger partial charge is 0.191 e. The third kappa shape index (κ3) is 7.04. The molecule has 2 N–H and O–H groups in total. The number of likely N-dealkylation sites (N-methyl/N-ethyl adjacent to an activating group) is 1. The van der Waals surface area contributed by atoms with Crippen LogP contribution in [0.4, 0.5) is 5.82 Å². The Morgan fingerprint density at radius 3 is 2.39 bits per heavy atom. The minimum Gasteiger partial charge on any atom is -0.354 e. The Labute approximate surface area is 215 Å². The summed E-state index contributed by atoms with van der Waals surface area (Å²) < 4.78 is 0. The van der Waals surface area contributed by atoms with Gasteiger partial charge in [0, 0.05) is 58.1 Å². The van der Waals surface area contributed by atoms with Crippen LogP contribution in [-0.2, 0) is 6.54 Å². The second kappa shape index (κ2) is 13.1. The number of pyridine rings is 1. The molecule has 2 aliphatic rings. The van der Waals surface area contributed by atoms with Gasteiger partial charge in [0.15, 0.2) is 5.96 Å². The number of nitrogens with zero attached hydrogens (tertiary/aromatic N) is 5. The number of halogens is 1. The third-order valence-corrected chi connectivity index (χ3v) is 6.57. The number of aliphatic imine (C=N–C) groups is 1. The molecular formula is C25H38IN7. The standard InChI is InChI=1S/C25H37N7.HI/c1-26-25(29-20-23(31-13-6-7-14-31)21-9-4-3-5-10-21)28-19-22-11-8-12-27-24(22)32-17-15-30(2)16-18-32;/h3-5,8-12,23H,6-7,13-20H2,1-2H3,(H2,26,28,29);1H. The molecule has 0 aliphatic carbocycles. The monoisotopic (exact) mass is 563 g/mol. The van der Waals surface area contributed by atoms with Gasteiger partial charge in [0.05, 0.1) is 6.04 Å². The molecule has 180 valence electrons. The van der Waals surface area contributed by atoms with Gasteiger partial charge in [-0.05, 0) is 44.6 Å². The SMILES string of the molecule is CN=C(NCc1cccnc1N1CCN(C)CC1)NCC(c1ccccc1)N1CCCC1.I. The topological polar surface area (TPSA) is 59.0 Å².